The molecule has 2 N–H and O–H groups in total. The van der Waals surface area contributed by atoms with Crippen LogP contribution in [0.4, 0.5) is 5.69 Å². The topological polar surface area (TPSA) is 86.8 Å². The van der Waals surface area contributed by atoms with E-state index >= 15 is 0 Å². The highest BCUT2D eigenvalue weighted by Crippen LogP contribution is 2.34. The van der Waals surface area contributed by atoms with E-state index in [1.165, 1.54) is 29.4 Å². The van der Waals surface area contributed by atoms with E-state index in [9.17, 15) is 0 Å². The lowest BCUT2D eigenvalue weighted by Gasteiger charge is -2.11. The molecule has 0 bridgehead atoms. The maximum Gasteiger partial charge on any atom is 0.241 e. The molecule has 8 heteroatoms. The second-order valence-electron chi connectivity index (χ2n) is 3.37. The second-order valence-corrected chi connectivity index (χ2v) is 5.44. The van der Waals surface area contributed by atoms with E-state index in [0.717, 1.165) is 4.34 Å². The number of ether oxygens (including phenoxy) is 1. The smallest absolute Gasteiger partial charge is 0.241 e. The summed E-state index contributed by atoms with van der Waals surface area (Å²) in [5.74, 6) is 0.405. The molecule has 0 amide bonds. The molecule has 0 aliphatic heterocycles. The third kappa shape index (κ3) is 3.04. The predicted octanol–water partition coefficient (Wildman–Crippen LogP) is 1.85. The average Bonchev–Trinajstić information content (AvgIpc) is 2.76. The molecule has 0 atom stereocenters. The molecule has 2 rings (SSSR count). The van der Waals surface area contributed by atoms with Crippen LogP contribution in [0.15, 0.2) is 21.2 Å². The van der Waals surface area contributed by atoms with Gasteiger partial charge in [0.1, 0.15) is 22.6 Å². The van der Waals surface area contributed by atoms with Gasteiger partial charge in [-0.3, -0.25) is 0 Å². The summed E-state index contributed by atoms with van der Waals surface area (Å²) in [5.41, 5.74) is 8.02. The van der Waals surface area contributed by atoms with Crippen LogP contribution in [0.25, 0.3) is 0 Å². The van der Waals surface area contributed by atoms with Gasteiger partial charge in [0.05, 0.1) is 6.10 Å². The van der Waals surface area contributed by atoms with Crippen molar-refractivity contribution in [2.24, 2.45) is 0 Å². The molecule has 0 aliphatic carbocycles. The highest BCUT2D eigenvalue weighted by Gasteiger charge is 2.13. The Morgan fingerprint density at radius 3 is 2.88 bits per heavy atom. The van der Waals surface area contributed by atoms with Crippen molar-refractivity contribution >= 4 is 28.8 Å². The molecule has 2 aromatic rings. The van der Waals surface area contributed by atoms with E-state index in [1.54, 1.807) is 5.51 Å². The average molecular weight is 269 g/mol. The van der Waals surface area contributed by atoms with E-state index in [2.05, 4.69) is 20.2 Å². The molecule has 2 aromatic heterocycles. The molecule has 17 heavy (non-hydrogen) atoms. The summed E-state index contributed by atoms with van der Waals surface area (Å²) in [6.07, 6.45) is 1.45. The molecule has 0 aromatic carbocycles. The maximum absolute atomic E-state index is 5.93. The van der Waals surface area contributed by atoms with Gasteiger partial charge in [0, 0.05) is 0 Å². The zero-order chi connectivity index (χ0) is 12.3. The first-order chi connectivity index (χ1) is 8.16. The Bertz CT molecular complexity index is 488. The zero-order valence-electron chi connectivity index (χ0n) is 9.32. The van der Waals surface area contributed by atoms with Gasteiger partial charge in [-0.1, -0.05) is 11.3 Å². The van der Waals surface area contributed by atoms with E-state index in [4.69, 9.17) is 10.5 Å². The molecule has 0 saturated carbocycles. The highest BCUT2D eigenvalue weighted by molar-refractivity contribution is 8.01. The quantitative estimate of drug-likeness (QED) is 0.847. The van der Waals surface area contributed by atoms with Crippen molar-refractivity contribution < 1.29 is 4.74 Å². The number of nitrogen functional groups attached to an aromatic ring is 1. The molecular formula is C9H11N5OS2. The molecule has 0 fully saturated rings. The SMILES string of the molecule is CC(C)Oc1ncnc(Sc2nncs2)c1N. The minimum absolute atomic E-state index is 0.0200. The Morgan fingerprint density at radius 2 is 2.24 bits per heavy atom. The largest absolute Gasteiger partial charge is 0.473 e. The standard InChI is InChI=1S/C9H11N5OS2/c1-5(2)15-7-6(10)8(12-3-11-7)17-9-14-13-4-16-9/h3-5H,10H2,1-2H3. The van der Waals surface area contributed by atoms with Gasteiger partial charge in [-0.05, 0) is 25.6 Å². The third-order valence-corrected chi connectivity index (χ3v) is 3.48. The lowest BCUT2D eigenvalue weighted by atomic mass is 10.4. The highest BCUT2D eigenvalue weighted by atomic mass is 32.2. The third-order valence-electron chi connectivity index (χ3n) is 1.68. The Kier molecular flexibility index (Phi) is 3.75. The molecule has 90 valence electrons. The van der Waals surface area contributed by atoms with Crippen LogP contribution in [0, 0.1) is 0 Å². The Morgan fingerprint density at radius 1 is 1.41 bits per heavy atom. The summed E-state index contributed by atoms with van der Waals surface area (Å²) >= 11 is 2.78. The zero-order valence-corrected chi connectivity index (χ0v) is 11.0. The minimum atomic E-state index is 0.0200. The number of nitrogens with zero attached hydrogens (tertiary/aromatic N) is 4. The van der Waals surface area contributed by atoms with Gasteiger partial charge >= 0.3 is 0 Å². The summed E-state index contributed by atoms with van der Waals surface area (Å²) in [4.78, 5) is 8.11. The number of nitrogens with two attached hydrogens (primary N) is 1. The van der Waals surface area contributed by atoms with E-state index in [1.807, 2.05) is 13.8 Å². The van der Waals surface area contributed by atoms with Gasteiger partial charge < -0.3 is 10.5 Å². The van der Waals surface area contributed by atoms with Crippen molar-refractivity contribution in [3.05, 3.63) is 11.8 Å². The van der Waals surface area contributed by atoms with E-state index in [-0.39, 0.29) is 6.10 Å². The molecule has 0 aliphatic rings. The number of hydrogen-bond donors (Lipinski definition) is 1. The maximum atomic E-state index is 5.93. The van der Waals surface area contributed by atoms with Crippen LogP contribution >= 0.6 is 23.1 Å². The van der Waals surface area contributed by atoms with Crippen molar-refractivity contribution in [2.45, 2.75) is 29.3 Å². The van der Waals surface area contributed by atoms with Gasteiger partial charge in [0.2, 0.25) is 5.88 Å². The first-order valence-corrected chi connectivity index (χ1v) is 6.57. The molecular weight excluding hydrogens is 258 g/mol. The van der Waals surface area contributed by atoms with Gasteiger partial charge in [0.15, 0.2) is 4.34 Å². The van der Waals surface area contributed by atoms with Gasteiger partial charge in [-0.15, -0.1) is 10.2 Å². The summed E-state index contributed by atoms with van der Waals surface area (Å²) in [5, 5.41) is 8.30. The molecule has 0 unspecified atom stereocenters. The van der Waals surface area contributed by atoms with Crippen LogP contribution in [-0.4, -0.2) is 26.3 Å². The van der Waals surface area contributed by atoms with Crippen LogP contribution in [0.5, 0.6) is 5.88 Å². The Balaban J connectivity index is 2.23. The first kappa shape index (κ1) is 12.1. The lowest BCUT2D eigenvalue weighted by molar-refractivity contribution is 0.233. The minimum Gasteiger partial charge on any atom is -0.473 e. The van der Waals surface area contributed by atoms with Crippen LogP contribution < -0.4 is 10.5 Å². The number of anilines is 1. The number of aromatic nitrogens is 4. The van der Waals surface area contributed by atoms with Crippen molar-refractivity contribution in [3.63, 3.8) is 0 Å². The Labute approximate surface area is 107 Å². The van der Waals surface area contributed by atoms with E-state index < -0.39 is 0 Å². The summed E-state index contributed by atoms with van der Waals surface area (Å²) in [6, 6.07) is 0. The van der Waals surface area contributed by atoms with Crippen molar-refractivity contribution in [1.29, 1.82) is 0 Å². The lowest BCUT2D eigenvalue weighted by Crippen LogP contribution is -2.09. The van der Waals surface area contributed by atoms with Crippen LogP contribution in [0.3, 0.4) is 0 Å². The van der Waals surface area contributed by atoms with Gasteiger partial charge in [-0.25, -0.2) is 4.98 Å². The monoisotopic (exact) mass is 269 g/mol. The van der Waals surface area contributed by atoms with Crippen molar-refractivity contribution in [2.75, 3.05) is 5.73 Å². The summed E-state index contributed by atoms with van der Waals surface area (Å²) < 4.78 is 6.27. The van der Waals surface area contributed by atoms with Crippen molar-refractivity contribution in [3.8, 4) is 5.88 Å². The van der Waals surface area contributed by atoms with Crippen LogP contribution in [-0.2, 0) is 0 Å². The van der Waals surface area contributed by atoms with Crippen molar-refractivity contribution in [1.82, 2.24) is 20.2 Å². The van der Waals surface area contributed by atoms with Gasteiger partial charge in [-0.2, -0.15) is 4.98 Å². The van der Waals surface area contributed by atoms with Gasteiger partial charge in [0.25, 0.3) is 0 Å². The normalized spacial score (nSPS) is 10.8. The number of hydrogen-bond acceptors (Lipinski definition) is 8. The van der Waals surface area contributed by atoms with E-state index in [0.29, 0.717) is 16.6 Å². The van der Waals surface area contributed by atoms with Crippen LogP contribution in [0.2, 0.25) is 0 Å². The Hall–Kier alpha value is -1.41. The summed E-state index contributed by atoms with van der Waals surface area (Å²) in [6.45, 7) is 3.83. The second kappa shape index (κ2) is 5.28. The summed E-state index contributed by atoms with van der Waals surface area (Å²) in [7, 11) is 0. The fourth-order valence-corrected chi connectivity index (χ4v) is 2.44. The molecule has 0 spiro atoms. The molecule has 0 saturated heterocycles. The molecule has 0 radical (unpaired) electrons. The molecule has 6 nitrogen and oxygen atoms in total. The fourth-order valence-electron chi connectivity index (χ4n) is 1.05. The number of rotatable bonds is 4. The molecule has 2 heterocycles. The first-order valence-electron chi connectivity index (χ1n) is 4.88. The predicted molar refractivity (Wildman–Crippen MR) is 66.2 cm³/mol. The van der Waals surface area contributed by atoms with Crippen LogP contribution in [0.1, 0.15) is 13.8 Å². The fraction of sp³-hybridized carbons (Fsp3) is 0.333.